The predicted molar refractivity (Wildman–Crippen MR) is 78.6 cm³/mol. The van der Waals surface area contributed by atoms with Crippen LogP contribution in [0.4, 0.5) is 0 Å². The number of aliphatic hydroxyl groups is 1. The number of nitrogens with one attached hydrogen (secondary N) is 1. The van der Waals surface area contributed by atoms with Crippen LogP contribution in [-0.2, 0) is 0 Å². The molecule has 0 saturated heterocycles. The van der Waals surface area contributed by atoms with Crippen molar-refractivity contribution in [3.05, 3.63) is 11.6 Å². The SMILES string of the molecule is CC1=CC(C)CC(CNCC(C)(O)CC(C)C)C1. The first kappa shape index (κ1) is 15.7. The fraction of sp³-hybridized carbons (Fsp3) is 0.875. The second kappa shape index (κ2) is 6.72. The molecule has 0 aromatic heterocycles. The lowest BCUT2D eigenvalue weighted by Gasteiger charge is -2.29. The summed E-state index contributed by atoms with van der Waals surface area (Å²) in [4.78, 5) is 0. The van der Waals surface area contributed by atoms with Gasteiger partial charge in [-0.15, -0.1) is 0 Å². The molecular formula is C16H31NO. The number of rotatable bonds is 6. The van der Waals surface area contributed by atoms with E-state index in [2.05, 4.69) is 39.1 Å². The molecule has 1 aliphatic rings. The van der Waals surface area contributed by atoms with Crippen LogP contribution in [0.1, 0.15) is 53.9 Å². The van der Waals surface area contributed by atoms with Crippen LogP contribution in [-0.4, -0.2) is 23.8 Å². The molecule has 0 aromatic rings. The highest BCUT2D eigenvalue weighted by Gasteiger charge is 2.23. The van der Waals surface area contributed by atoms with Crippen LogP contribution >= 0.6 is 0 Å². The van der Waals surface area contributed by atoms with Crippen molar-refractivity contribution < 1.29 is 5.11 Å². The molecule has 2 heteroatoms. The third-order valence-electron chi connectivity index (χ3n) is 3.67. The molecule has 0 spiro atoms. The van der Waals surface area contributed by atoms with E-state index in [0.717, 1.165) is 18.9 Å². The third-order valence-corrected chi connectivity index (χ3v) is 3.67. The summed E-state index contributed by atoms with van der Waals surface area (Å²) >= 11 is 0. The molecule has 3 unspecified atom stereocenters. The molecule has 0 fully saturated rings. The van der Waals surface area contributed by atoms with E-state index in [1.807, 2.05) is 6.92 Å². The van der Waals surface area contributed by atoms with E-state index in [1.54, 1.807) is 0 Å². The molecule has 106 valence electrons. The van der Waals surface area contributed by atoms with Gasteiger partial charge in [0.05, 0.1) is 5.60 Å². The van der Waals surface area contributed by atoms with Gasteiger partial charge in [0.2, 0.25) is 0 Å². The van der Waals surface area contributed by atoms with E-state index in [-0.39, 0.29) is 0 Å². The molecule has 18 heavy (non-hydrogen) atoms. The average Bonchev–Trinajstić information content (AvgIpc) is 2.12. The van der Waals surface area contributed by atoms with E-state index in [1.165, 1.54) is 18.4 Å². The standard InChI is InChI=1S/C16H31NO/c1-12(2)9-16(5,18)11-17-10-15-7-13(3)6-14(4)8-15/h6,12-13,15,17-18H,7-11H2,1-5H3. The van der Waals surface area contributed by atoms with Gasteiger partial charge in [-0.3, -0.25) is 0 Å². The summed E-state index contributed by atoms with van der Waals surface area (Å²) in [6, 6.07) is 0. The Labute approximate surface area is 113 Å². The van der Waals surface area contributed by atoms with E-state index < -0.39 is 5.60 Å². The normalized spacial score (nSPS) is 28.1. The second-order valence-electron chi connectivity index (χ2n) is 7.02. The third kappa shape index (κ3) is 6.01. The van der Waals surface area contributed by atoms with Crippen molar-refractivity contribution >= 4 is 0 Å². The Balaban J connectivity index is 2.28. The zero-order valence-corrected chi connectivity index (χ0v) is 12.8. The molecule has 2 N–H and O–H groups in total. The van der Waals surface area contributed by atoms with Gasteiger partial charge in [0.1, 0.15) is 0 Å². The van der Waals surface area contributed by atoms with Crippen LogP contribution in [0.15, 0.2) is 11.6 Å². The first-order valence-electron chi connectivity index (χ1n) is 7.39. The Morgan fingerprint density at radius 3 is 2.72 bits per heavy atom. The zero-order chi connectivity index (χ0) is 13.8. The van der Waals surface area contributed by atoms with Gasteiger partial charge in [0.25, 0.3) is 0 Å². The Hall–Kier alpha value is -0.340. The monoisotopic (exact) mass is 253 g/mol. The maximum atomic E-state index is 10.2. The fourth-order valence-corrected chi connectivity index (χ4v) is 3.34. The summed E-state index contributed by atoms with van der Waals surface area (Å²) in [5, 5.41) is 13.7. The van der Waals surface area contributed by atoms with Gasteiger partial charge in [-0.2, -0.15) is 0 Å². The number of hydrogen-bond donors (Lipinski definition) is 2. The van der Waals surface area contributed by atoms with Crippen molar-refractivity contribution in [3.63, 3.8) is 0 Å². The minimum absolute atomic E-state index is 0.543. The maximum Gasteiger partial charge on any atom is 0.0746 e. The molecular weight excluding hydrogens is 222 g/mol. The van der Waals surface area contributed by atoms with Crippen molar-refractivity contribution in [3.8, 4) is 0 Å². The van der Waals surface area contributed by atoms with Crippen molar-refractivity contribution in [1.29, 1.82) is 0 Å². The summed E-state index contributed by atoms with van der Waals surface area (Å²) in [5.41, 5.74) is 0.953. The molecule has 0 aliphatic heterocycles. The average molecular weight is 253 g/mol. The highest BCUT2D eigenvalue weighted by molar-refractivity contribution is 5.06. The van der Waals surface area contributed by atoms with Crippen molar-refractivity contribution in [2.24, 2.45) is 17.8 Å². The van der Waals surface area contributed by atoms with Crippen molar-refractivity contribution in [1.82, 2.24) is 5.32 Å². The largest absolute Gasteiger partial charge is 0.389 e. The second-order valence-corrected chi connectivity index (χ2v) is 7.02. The molecule has 1 rings (SSSR count). The van der Waals surface area contributed by atoms with E-state index in [0.29, 0.717) is 18.4 Å². The summed E-state index contributed by atoms with van der Waals surface area (Å²) < 4.78 is 0. The van der Waals surface area contributed by atoms with Crippen LogP contribution < -0.4 is 5.32 Å². The summed E-state index contributed by atoms with van der Waals surface area (Å²) in [6.07, 6.45) is 5.74. The lowest BCUT2D eigenvalue weighted by atomic mass is 9.83. The fourth-order valence-electron chi connectivity index (χ4n) is 3.34. The summed E-state index contributed by atoms with van der Waals surface area (Å²) in [7, 11) is 0. The Bertz CT molecular complexity index is 281. The molecule has 1 aliphatic carbocycles. The predicted octanol–water partition coefficient (Wildman–Crippen LogP) is 3.37. The van der Waals surface area contributed by atoms with Crippen LogP contribution in [0, 0.1) is 17.8 Å². The molecule has 0 radical (unpaired) electrons. The van der Waals surface area contributed by atoms with Gasteiger partial charge < -0.3 is 10.4 Å². The smallest absolute Gasteiger partial charge is 0.0746 e. The Morgan fingerprint density at radius 2 is 2.17 bits per heavy atom. The first-order chi connectivity index (χ1) is 8.28. The van der Waals surface area contributed by atoms with Gasteiger partial charge in [0, 0.05) is 6.54 Å². The molecule has 0 aromatic carbocycles. The lowest BCUT2D eigenvalue weighted by Crippen LogP contribution is -2.41. The molecule has 2 nitrogen and oxygen atoms in total. The van der Waals surface area contributed by atoms with Gasteiger partial charge >= 0.3 is 0 Å². The Kier molecular flexibility index (Phi) is 5.87. The number of allylic oxidation sites excluding steroid dienone is 2. The minimum atomic E-state index is -0.570. The van der Waals surface area contributed by atoms with Crippen LogP contribution in [0.25, 0.3) is 0 Å². The maximum absolute atomic E-state index is 10.2. The highest BCUT2D eigenvalue weighted by Crippen LogP contribution is 2.27. The van der Waals surface area contributed by atoms with Gasteiger partial charge in [-0.05, 0) is 57.4 Å². The number of hydrogen-bond acceptors (Lipinski definition) is 2. The quantitative estimate of drug-likeness (QED) is 0.711. The summed E-state index contributed by atoms with van der Waals surface area (Å²) in [6.45, 7) is 12.5. The molecule has 0 bridgehead atoms. The van der Waals surface area contributed by atoms with E-state index >= 15 is 0 Å². The van der Waals surface area contributed by atoms with Gasteiger partial charge in [0.15, 0.2) is 0 Å². The first-order valence-corrected chi connectivity index (χ1v) is 7.39. The molecule has 3 atom stereocenters. The molecule has 0 amide bonds. The van der Waals surface area contributed by atoms with Crippen LogP contribution in [0.3, 0.4) is 0 Å². The molecule has 0 heterocycles. The Morgan fingerprint density at radius 1 is 1.50 bits per heavy atom. The van der Waals surface area contributed by atoms with E-state index in [4.69, 9.17) is 0 Å². The van der Waals surface area contributed by atoms with Crippen molar-refractivity contribution in [2.45, 2.75) is 59.5 Å². The highest BCUT2D eigenvalue weighted by atomic mass is 16.3. The van der Waals surface area contributed by atoms with Crippen molar-refractivity contribution in [2.75, 3.05) is 13.1 Å². The van der Waals surface area contributed by atoms with Crippen LogP contribution in [0.5, 0.6) is 0 Å². The topological polar surface area (TPSA) is 32.3 Å². The lowest BCUT2D eigenvalue weighted by molar-refractivity contribution is 0.0376. The van der Waals surface area contributed by atoms with Crippen LogP contribution in [0.2, 0.25) is 0 Å². The molecule has 0 saturated carbocycles. The zero-order valence-electron chi connectivity index (χ0n) is 12.8. The van der Waals surface area contributed by atoms with Gasteiger partial charge in [-0.1, -0.05) is 32.4 Å². The summed E-state index contributed by atoms with van der Waals surface area (Å²) in [5.74, 6) is 1.99. The van der Waals surface area contributed by atoms with Gasteiger partial charge in [-0.25, -0.2) is 0 Å². The van der Waals surface area contributed by atoms with E-state index in [9.17, 15) is 5.11 Å². The minimum Gasteiger partial charge on any atom is -0.389 e.